The van der Waals surface area contributed by atoms with Gasteiger partial charge in [-0.15, -0.1) is 0 Å². The number of unbranched alkanes of at least 4 members (excludes halogenated alkanes) is 1. The van der Waals surface area contributed by atoms with Gasteiger partial charge in [-0.2, -0.15) is 5.26 Å². The standard InChI is InChI=1S/C21H21ClN2O2/c22-17-9-7-16(8-10-17)21(11-4-12-21)20(25)24-18-5-3-6-19(15-18)26-14-2-1-13-23/h3,5-10,15H,1-2,4,11-12,14H2,(H,24,25). The Kier molecular flexibility index (Phi) is 5.80. The van der Waals surface area contributed by atoms with Crippen LogP contribution in [0.2, 0.25) is 5.02 Å². The summed E-state index contributed by atoms with van der Waals surface area (Å²) in [6.45, 7) is 0.486. The summed E-state index contributed by atoms with van der Waals surface area (Å²) in [7, 11) is 0. The van der Waals surface area contributed by atoms with Crippen LogP contribution >= 0.6 is 11.6 Å². The largest absolute Gasteiger partial charge is 0.493 e. The molecule has 5 heteroatoms. The fourth-order valence-corrected chi connectivity index (χ4v) is 3.33. The van der Waals surface area contributed by atoms with Gasteiger partial charge >= 0.3 is 0 Å². The van der Waals surface area contributed by atoms with Gasteiger partial charge in [0.2, 0.25) is 5.91 Å². The zero-order valence-electron chi connectivity index (χ0n) is 14.5. The number of hydrogen-bond donors (Lipinski definition) is 1. The first-order valence-electron chi connectivity index (χ1n) is 8.81. The van der Waals surface area contributed by atoms with Gasteiger partial charge < -0.3 is 10.1 Å². The summed E-state index contributed by atoms with van der Waals surface area (Å²) in [5, 5.41) is 12.3. The van der Waals surface area contributed by atoms with E-state index in [4.69, 9.17) is 21.6 Å². The molecule has 134 valence electrons. The molecule has 1 N–H and O–H groups in total. The van der Waals surface area contributed by atoms with Crippen molar-refractivity contribution in [3.05, 3.63) is 59.1 Å². The fourth-order valence-electron chi connectivity index (χ4n) is 3.20. The number of halogens is 1. The number of nitriles is 1. The maximum absolute atomic E-state index is 13.0. The van der Waals surface area contributed by atoms with Gasteiger partial charge in [-0.1, -0.05) is 36.2 Å². The van der Waals surface area contributed by atoms with Crippen LogP contribution in [-0.4, -0.2) is 12.5 Å². The van der Waals surface area contributed by atoms with Gasteiger partial charge in [0.25, 0.3) is 0 Å². The third kappa shape index (κ3) is 4.00. The summed E-state index contributed by atoms with van der Waals surface area (Å²) < 4.78 is 5.64. The van der Waals surface area contributed by atoms with Crippen molar-refractivity contribution in [2.24, 2.45) is 0 Å². The molecule has 0 spiro atoms. The second-order valence-corrected chi connectivity index (χ2v) is 6.97. The third-order valence-corrected chi connectivity index (χ3v) is 5.08. The molecular weight excluding hydrogens is 348 g/mol. The van der Waals surface area contributed by atoms with Gasteiger partial charge in [-0.3, -0.25) is 4.79 Å². The molecule has 0 aromatic heterocycles. The van der Waals surface area contributed by atoms with Crippen molar-refractivity contribution in [3.8, 4) is 11.8 Å². The van der Waals surface area contributed by atoms with Gasteiger partial charge in [0.15, 0.2) is 0 Å². The van der Waals surface area contributed by atoms with Crippen LogP contribution in [0.15, 0.2) is 48.5 Å². The highest BCUT2D eigenvalue weighted by molar-refractivity contribution is 6.30. The molecule has 1 aliphatic carbocycles. The molecule has 2 aromatic rings. The highest BCUT2D eigenvalue weighted by Gasteiger charge is 2.45. The molecule has 1 fully saturated rings. The minimum Gasteiger partial charge on any atom is -0.493 e. The lowest BCUT2D eigenvalue weighted by Crippen LogP contribution is -2.45. The molecule has 0 saturated heterocycles. The van der Waals surface area contributed by atoms with E-state index in [0.717, 1.165) is 24.8 Å². The number of nitrogens with one attached hydrogen (secondary N) is 1. The molecule has 0 atom stereocenters. The average molecular weight is 369 g/mol. The van der Waals surface area contributed by atoms with E-state index in [1.54, 1.807) is 0 Å². The number of anilines is 1. The van der Waals surface area contributed by atoms with Crippen molar-refractivity contribution in [1.29, 1.82) is 5.26 Å². The Morgan fingerprint density at radius 3 is 2.65 bits per heavy atom. The number of amides is 1. The number of carbonyl (C=O) groups is 1. The van der Waals surface area contributed by atoms with E-state index in [0.29, 0.717) is 35.9 Å². The van der Waals surface area contributed by atoms with Gasteiger partial charge in [0.05, 0.1) is 18.1 Å². The van der Waals surface area contributed by atoms with E-state index in [1.807, 2.05) is 48.5 Å². The minimum absolute atomic E-state index is 0.00713. The van der Waals surface area contributed by atoms with Gasteiger partial charge in [0.1, 0.15) is 5.75 Å². The van der Waals surface area contributed by atoms with Crippen LogP contribution < -0.4 is 10.1 Å². The van der Waals surface area contributed by atoms with Crippen molar-refractivity contribution >= 4 is 23.2 Å². The van der Waals surface area contributed by atoms with Crippen LogP contribution in [-0.2, 0) is 10.2 Å². The molecule has 4 nitrogen and oxygen atoms in total. The van der Waals surface area contributed by atoms with Crippen LogP contribution in [0.5, 0.6) is 5.75 Å². The van der Waals surface area contributed by atoms with Gasteiger partial charge in [-0.25, -0.2) is 0 Å². The SMILES string of the molecule is N#CCCCOc1cccc(NC(=O)C2(c3ccc(Cl)cc3)CCC2)c1. The Labute approximate surface area is 158 Å². The monoisotopic (exact) mass is 368 g/mol. The summed E-state index contributed by atoms with van der Waals surface area (Å²) in [5.41, 5.74) is 1.25. The third-order valence-electron chi connectivity index (χ3n) is 4.83. The van der Waals surface area contributed by atoms with E-state index < -0.39 is 5.41 Å². The number of carbonyl (C=O) groups excluding carboxylic acids is 1. The molecule has 2 aromatic carbocycles. The van der Waals surface area contributed by atoms with Crippen LogP contribution in [0.4, 0.5) is 5.69 Å². The van der Waals surface area contributed by atoms with E-state index in [-0.39, 0.29) is 5.91 Å². The summed E-state index contributed by atoms with van der Waals surface area (Å²) in [6.07, 6.45) is 3.88. The fraction of sp³-hybridized carbons (Fsp3) is 0.333. The molecule has 0 heterocycles. The number of benzene rings is 2. The van der Waals surface area contributed by atoms with Crippen LogP contribution in [0, 0.1) is 11.3 Å². The summed E-state index contributed by atoms with van der Waals surface area (Å²) >= 11 is 5.98. The van der Waals surface area contributed by atoms with Gasteiger partial charge in [0, 0.05) is 23.2 Å². The van der Waals surface area contributed by atoms with Crippen molar-refractivity contribution in [2.45, 2.75) is 37.5 Å². The first-order valence-corrected chi connectivity index (χ1v) is 9.19. The maximum Gasteiger partial charge on any atom is 0.235 e. The molecule has 26 heavy (non-hydrogen) atoms. The number of hydrogen-bond acceptors (Lipinski definition) is 3. The molecule has 1 aliphatic rings. The number of rotatable bonds is 7. The smallest absolute Gasteiger partial charge is 0.235 e. The van der Waals surface area contributed by atoms with Crippen molar-refractivity contribution in [2.75, 3.05) is 11.9 Å². The van der Waals surface area contributed by atoms with E-state index >= 15 is 0 Å². The second-order valence-electron chi connectivity index (χ2n) is 6.53. The van der Waals surface area contributed by atoms with Crippen LogP contribution in [0.3, 0.4) is 0 Å². The molecule has 0 aliphatic heterocycles. The summed E-state index contributed by atoms with van der Waals surface area (Å²) in [4.78, 5) is 13.0. The topological polar surface area (TPSA) is 62.1 Å². The van der Waals surface area contributed by atoms with Gasteiger partial charge in [-0.05, 0) is 49.1 Å². The zero-order valence-corrected chi connectivity index (χ0v) is 15.3. The molecular formula is C21H21ClN2O2. The predicted octanol–water partition coefficient (Wildman–Crippen LogP) is 5.08. The first kappa shape index (κ1) is 18.3. The lowest BCUT2D eigenvalue weighted by atomic mass is 9.64. The van der Waals surface area contributed by atoms with E-state index in [2.05, 4.69) is 11.4 Å². The molecule has 1 saturated carbocycles. The molecule has 1 amide bonds. The normalized spacial score (nSPS) is 14.8. The molecule has 0 radical (unpaired) electrons. The number of nitrogens with zero attached hydrogens (tertiary/aromatic N) is 1. The zero-order chi connectivity index (χ0) is 18.4. The quantitative estimate of drug-likeness (QED) is 0.693. The Balaban J connectivity index is 1.69. The molecule has 0 bridgehead atoms. The maximum atomic E-state index is 13.0. The van der Waals surface area contributed by atoms with E-state index in [9.17, 15) is 4.79 Å². The first-order chi connectivity index (χ1) is 12.6. The number of ether oxygens (including phenoxy) is 1. The minimum atomic E-state index is -0.478. The Bertz CT molecular complexity index is 808. The average Bonchev–Trinajstić information content (AvgIpc) is 2.60. The second kappa shape index (κ2) is 8.25. The summed E-state index contributed by atoms with van der Waals surface area (Å²) in [5.74, 6) is 0.697. The van der Waals surface area contributed by atoms with Crippen LogP contribution in [0.1, 0.15) is 37.7 Å². The van der Waals surface area contributed by atoms with E-state index in [1.165, 1.54) is 0 Å². The lowest BCUT2D eigenvalue weighted by Gasteiger charge is -2.40. The Hall–Kier alpha value is -2.51. The van der Waals surface area contributed by atoms with Crippen molar-refractivity contribution < 1.29 is 9.53 Å². The Morgan fingerprint density at radius 1 is 1.23 bits per heavy atom. The highest BCUT2D eigenvalue weighted by Crippen LogP contribution is 2.45. The highest BCUT2D eigenvalue weighted by atomic mass is 35.5. The Morgan fingerprint density at radius 2 is 2.00 bits per heavy atom. The van der Waals surface area contributed by atoms with Crippen molar-refractivity contribution in [1.82, 2.24) is 0 Å². The predicted molar refractivity (Wildman–Crippen MR) is 102 cm³/mol. The van der Waals surface area contributed by atoms with Crippen molar-refractivity contribution in [3.63, 3.8) is 0 Å². The lowest BCUT2D eigenvalue weighted by molar-refractivity contribution is -0.124. The molecule has 0 unspecified atom stereocenters. The summed E-state index contributed by atoms with van der Waals surface area (Å²) in [6, 6.07) is 17.0. The van der Waals surface area contributed by atoms with Crippen LogP contribution in [0.25, 0.3) is 0 Å². The molecule has 3 rings (SSSR count).